The number of morpholine rings is 1. The van der Waals surface area contributed by atoms with Gasteiger partial charge in [0.25, 0.3) is 0 Å². The van der Waals surface area contributed by atoms with Crippen LogP contribution in [0.4, 0.5) is 5.69 Å². The van der Waals surface area contributed by atoms with Gasteiger partial charge in [-0.2, -0.15) is 0 Å². The molecule has 6 nitrogen and oxygen atoms in total. The van der Waals surface area contributed by atoms with E-state index in [0.717, 1.165) is 10.2 Å². The molecule has 2 rings (SSSR count). The molecule has 0 bridgehead atoms. The molecule has 7 heteroatoms. The summed E-state index contributed by atoms with van der Waals surface area (Å²) >= 11 is 3.39. The lowest BCUT2D eigenvalue weighted by Gasteiger charge is -2.36. The highest BCUT2D eigenvalue weighted by molar-refractivity contribution is 9.10. The molecule has 1 N–H and O–H groups in total. The maximum Gasteiger partial charge on any atom is 0.375 e. The average molecular weight is 384 g/mol. The Labute approximate surface area is 145 Å². The van der Waals surface area contributed by atoms with E-state index in [9.17, 15) is 4.79 Å². The Bertz CT molecular complexity index is 552. The number of anilines is 1. The van der Waals surface area contributed by atoms with E-state index in [1.165, 1.54) is 0 Å². The van der Waals surface area contributed by atoms with Gasteiger partial charge < -0.3 is 14.4 Å². The average Bonchev–Trinajstić information content (AvgIpc) is 2.48. The number of hydrogen-bond donors (Lipinski definition) is 1. The molecule has 2 atom stereocenters. The van der Waals surface area contributed by atoms with Crippen LogP contribution in [-0.2, 0) is 14.3 Å². The summed E-state index contributed by atoms with van der Waals surface area (Å²) in [6.45, 7) is 7.25. The van der Waals surface area contributed by atoms with Crippen LogP contribution in [0.15, 0.2) is 33.8 Å². The maximum atomic E-state index is 12.2. The lowest BCUT2D eigenvalue weighted by atomic mass is 10.2. The normalized spacial score (nSPS) is 21.9. The van der Waals surface area contributed by atoms with Gasteiger partial charge in [0.1, 0.15) is 0 Å². The second-order valence-corrected chi connectivity index (χ2v) is 6.35. The van der Waals surface area contributed by atoms with Crippen molar-refractivity contribution in [2.45, 2.75) is 33.0 Å². The zero-order chi connectivity index (χ0) is 16.8. The number of carbonyl (C=O) groups is 1. The fourth-order valence-electron chi connectivity index (χ4n) is 2.43. The van der Waals surface area contributed by atoms with Crippen LogP contribution in [0, 0.1) is 0 Å². The summed E-state index contributed by atoms with van der Waals surface area (Å²) in [7, 11) is 0. The Balaban J connectivity index is 2.17. The fraction of sp³-hybridized carbons (Fsp3) is 0.500. The van der Waals surface area contributed by atoms with Crippen LogP contribution in [0.25, 0.3) is 0 Å². The van der Waals surface area contributed by atoms with Gasteiger partial charge in [-0.3, -0.25) is 5.43 Å². The molecule has 1 aliphatic rings. The number of ether oxygens (including phenoxy) is 2. The summed E-state index contributed by atoms with van der Waals surface area (Å²) in [6, 6.07) is 7.56. The second kappa shape index (κ2) is 8.31. The van der Waals surface area contributed by atoms with Gasteiger partial charge in [0.15, 0.2) is 0 Å². The maximum absolute atomic E-state index is 12.2. The Morgan fingerprint density at radius 3 is 2.52 bits per heavy atom. The van der Waals surface area contributed by atoms with E-state index < -0.39 is 5.97 Å². The molecule has 0 aliphatic carbocycles. The van der Waals surface area contributed by atoms with Crippen molar-refractivity contribution in [3.05, 3.63) is 28.7 Å². The molecule has 0 amide bonds. The predicted octanol–water partition coefficient (Wildman–Crippen LogP) is 2.85. The van der Waals surface area contributed by atoms with E-state index in [0.29, 0.717) is 19.7 Å². The molecular weight excluding hydrogens is 362 g/mol. The summed E-state index contributed by atoms with van der Waals surface area (Å²) in [5.74, 6) is -0.157. The minimum Gasteiger partial charge on any atom is -0.460 e. The van der Waals surface area contributed by atoms with Crippen molar-refractivity contribution in [3.8, 4) is 0 Å². The highest BCUT2D eigenvalue weighted by Crippen LogP contribution is 2.15. The van der Waals surface area contributed by atoms with Crippen LogP contribution in [0.1, 0.15) is 20.8 Å². The molecule has 0 aromatic heterocycles. The SMILES string of the molecule is CCOC(=O)/C(=N/Nc1ccc(Br)cc1)N1C[C@@H](C)O[C@H](C)C1. The standard InChI is InChI=1S/C16H22BrN3O3/c1-4-22-16(21)15(20-9-11(2)23-12(3)10-20)19-18-14-7-5-13(17)6-8-14/h5-8,11-12,18H,4,9-10H2,1-3H3/b19-15-/t11-,12-/m1/s1. The monoisotopic (exact) mass is 383 g/mol. The predicted molar refractivity (Wildman–Crippen MR) is 93.4 cm³/mol. The third-order valence-corrected chi connectivity index (χ3v) is 3.84. The molecule has 0 spiro atoms. The van der Waals surface area contributed by atoms with Crippen LogP contribution in [0.2, 0.25) is 0 Å². The number of hydrazone groups is 1. The van der Waals surface area contributed by atoms with Crippen molar-refractivity contribution >= 4 is 33.4 Å². The van der Waals surface area contributed by atoms with Crippen LogP contribution in [0.3, 0.4) is 0 Å². The number of nitrogens with one attached hydrogen (secondary N) is 1. The quantitative estimate of drug-likeness (QED) is 0.376. The molecule has 1 fully saturated rings. The number of amidine groups is 1. The van der Waals surface area contributed by atoms with Crippen LogP contribution in [0.5, 0.6) is 0 Å². The van der Waals surface area contributed by atoms with Crippen LogP contribution >= 0.6 is 15.9 Å². The first-order chi connectivity index (χ1) is 11.0. The van der Waals surface area contributed by atoms with E-state index in [2.05, 4.69) is 26.5 Å². The van der Waals surface area contributed by atoms with E-state index in [1.807, 2.05) is 43.0 Å². The smallest absolute Gasteiger partial charge is 0.375 e. The summed E-state index contributed by atoms with van der Waals surface area (Å²) in [6.07, 6.45) is 0.0668. The lowest BCUT2D eigenvalue weighted by molar-refractivity contribution is -0.136. The van der Waals surface area contributed by atoms with Crippen molar-refractivity contribution < 1.29 is 14.3 Å². The van der Waals surface area contributed by atoms with Gasteiger partial charge in [-0.25, -0.2) is 4.79 Å². The minimum atomic E-state index is -0.432. The number of carbonyl (C=O) groups excluding carboxylic acids is 1. The van der Waals surface area contributed by atoms with Crippen molar-refractivity contribution in [1.29, 1.82) is 0 Å². The highest BCUT2D eigenvalue weighted by Gasteiger charge is 2.29. The van der Waals surface area contributed by atoms with Gasteiger partial charge in [-0.1, -0.05) is 15.9 Å². The number of hydrogen-bond acceptors (Lipinski definition) is 5. The van der Waals surface area contributed by atoms with Gasteiger partial charge in [-0.15, -0.1) is 5.10 Å². The van der Waals surface area contributed by atoms with Crippen molar-refractivity contribution in [1.82, 2.24) is 4.90 Å². The molecule has 1 aromatic rings. The third-order valence-electron chi connectivity index (χ3n) is 3.31. The number of nitrogens with zero attached hydrogens (tertiary/aromatic N) is 2. The zero-order valence-electron chi connectivity index (χ0n) is 13.6. The summed E-state index contributed by atoms with van der Waals surface area (Å²) in [4.78, 5) is 14.2. The first kappa shape index (κ1) is 17.7. The van der Waals surface area contributed by atoms with Crippen LogP contribution in [-0.4, -0.2) is 48.6 Å². The molecule has 0 unspecified atom stereocenters. The second-order valence-electron chi connectivity index (χ2n) is 5.44. The number of esters is 1. The van der Waals surface area contributed by atoms with Gasteiger partial charge in [0, 0.05) is 17.6 Å². The topological polar surface area (TPSA) is 63.2 Å². The van der Waals surface area contributed by atoms with Crippen molar-refractivity contribution in [2.24, 2.45) is 5.10 Å². The first-order valence-electron chi connectivity index (χ1n) is 7.66. The fourth-order valence-corrected chi connectivity index (χ4v) is 2.70. The summed E-state index contributed by atoms with van der Waals surface area (Å²) in [5.41, 5.74) is 3.72. The highest BCUT2D eigenvalue weighted by atomic mass is 79.9. The Morgan fingerprint density at radius 1 is 1.35 bits per heavy atom. The van der Waals surface area contributed by atoms with Gasteiger partial charge in [0.2, 0.25) is 5.84 Å². The molecule has 0 radical (unpaired) electrons. The first-order valence-corrected chi connectivity index (χ1v) is 8.45. The number of benzene rings is 1. The van der Waals surface area contributed by atoms with E-state index in [4.69, 9.17) is 9.47 Å². The molecule has 23 heavy (non-hydrogen) atoms. The third kappa shape index (κ3) is 5.21. The van der Waals surface area contributed by atoms with Crippen LogP contribution < -0.4 is 5.43 Å². The molecule has 1 saturated heterocycles. The summed E-state index contributed by atoms with van der Waals surface area (Å²) in [5, 5.41) is 4.28. The molecule has 1 heterocycles. The molecule has 126 valence electrons. The largest absolute Gasteiger partial charge is 0.460 e. The van der Waals surface area contributed by atoms with Gasteiger partial charge >= 0.3 is 5.97 Å². The Kier molecular flexibility index (Phi) is 6.41. The van der Waals surface area contributed by atoms with Crippen molar-refractivity contribution in [2.75, 3.05) is 25.1 Å². The van der Waals surface area contributed by atoms with E-state index >= 15 is 0 Å². The molecular formula is C16H22BrN3O3. The summed E-state index contributed by atoms with van der Waals surface area (Å²) < 4.78 is 11.8. The molecule has 0 saturated carbocycles. The zero-order valence-corrected chi connectivity index (χ0v) is 15.2. The van der Waals surface area contributed by atoms with Gasteiger partial charge in [-0.05, 0) is 45.0 Å². The molecule has 1 aliphatic heterocycles. The number of rotatable bonds is 3. The van der Waals surface area contributed by atoms with E-state index in [-0.39, 0.29) is 18.0 Å². The van der Waals surface area contributed by atoms with E-state index in [1.54, 1.807) is 6.92 Å². The van der Waals surface area contributed by atoms with Crippen molar-refractivity contribution in [3.63, 3.8) is 0 Å². The Hall–Kier alpha value is -1.60. The minimum absolute atomic E-state index is 0.0334. The molecule has 1 aromatic carbocycles. The Morgan fingerprint density at radius 2 is 1.96 bits per heavy atom. The lowest BCUT2D eigenvalue weighted by Crippen LogP contribution is -2.51. The van der Waals surface area contributed by atoms with Gasteiger partial charge in [0.05, 0.1) is 24.5 Å². The number of halogens is 1.